The number of thiazole rings is 1. The fourth-order valence-electron chi connectivity index (χ4n) is 3.19. The van der Waals surface area contributed by atoms with Crippen molar-refractivity contribution in [1.82, 2.24) is 4.57 Å². The second-order valence-electron chi connectivity index (χ2n) is 7.02. The smallest absolute Gasteiger partial charge is 0.190 e. The van der Waals surface area contributed by atoms with Crippen LogP contribution in [0.15, 0.2) is 83.2 Å². The summed E-state index contributed by atoms with van der Waals surface area (Å²) < 4.78 is 21.1. The number of hydrogen-bond donors (Lipinski definition) is 0. The van der Waals surface area contributed by atoms with Gasteiger partial charge < -0.3 is 9.30 Å². The maximum absolute atomic E-state index is 13.4. The maximum atomic E-state index is 13.4. The molecule has 30 heavy (non-hydrogen) atoms. The molecule has 0 aliphatic rings. The molecule has 0 N–H and O–H groups in total. The fourth-order valence-corrected chi connectivity index (χ4v) is 4.12. The lowest BCUT2D eigenvalue weighted by molar-refractivity contribution is 0.340. The second-order valence-corrected chi connectivity index (χ2v) is 7.86. The van der Waals surface area contributed by atoms with Crippen LogP contribution in [0.25, 0.3) is 11.3 Å². The zero-order chi connectivity index (χ0) is 20.9. The highest BCUT2D eigenvalue weighted by Crippen LogP contribution is 2.23. The molecule has 0 radical (unpaired) electrons. The number of aromatic nitrogens is 1. The van der Waals surface area contributed by atoms with Crippen LogP contribution in [0.5, 0.6) is 5.75 Å². The van der Waals surface area contributed by atoms with Gasteiger partial charge in [-0.15, -0.1) is 11.3 Å². The molecule has 3 aromatic carbocycles. The van der Waals surface area contributed by atoms with Gasteiger partial charge in [0.05, 0.1) is 24.5 Å². The second kappa shape index (κ2) is 9.09. The number of nitrogens with zero attached hydrogens (tertiary/aromatic N) is 2. The summed E-state index contributed by atoms with van der Waals surface area (Å²) in [5.74, 6) is 0.598. The molecule has 0 atom stereocenters. The number of ether oxygens (including phenoxy) is 1. The van der Waals surface area contributed by atoms with Crippen molar-refractivity contribution in [3.63, 3.8) is 0 Å². The molecule has 4 rings (SSSR count). The number of halogens is 1. The van der Waals surface area contributed by atoms with Gasteiger partial charge in [0.25, 0.3) is 0 Å². The Hall–Kier alpha value is -3.18. The third-order valence-electron chi connectivity index (χ3n) is 4.77. The van der Waals surface area contributed by atoms with Gasteiger partial charge in [-0.2, -0.15) is 0 Å². The molecule has 0 saturated carbocycles. The first-order valence-corrected chi connectivity index (χ1v) is 10.8. The summed E-state index contributed by atoms with van der Waals surface area (Å²) in [6, 6.07) is 22.9. The van der Waals surface area contributed by atoms with Crippen LogP contribution in [0.3, 0.4) is 0 Å². The van der Waals surface area contributed by atoms with Crippen molar-refractivity contribution in [3.05, 3.63) is 99.9 Å². The van der Waals surface area contributed by atoms with Crippen molar-refractivity contribution in [2.75, 3.05) is 6.61 Å². The Morgan fingerprint density at radius 1 is 0.933 bits per heavy atom. The SMILES string of the molecule is CCOc1ccc(N=c2scc(-c3ccc(F)cc3)n2Cc2ccc(C)cc2)cc1. The average Bonchev–Trinajstić information content (AvgIpc) is 3.14. The molecule has 0 spiro atoms. The molecule has 4 aromatic rings. The number of benzene rings is 3. The van der Waals surface area contributed by atoms with Crippen LogP contribution in [-0.2, 0) is 6.54 Å². The zero-order valence-electron chi connectivity index (χ0n) is 17.0. The van der Waals surface area contributed by atoms with Crippen LogP contribution >= 0.6 is 11.3 Å². The maximum Gasteiger partial charge on any atom is 0.190 e. The summed E-state index contributed by atoms with van der Waals surface area (Å²) in [5.41, 5.74) is 5.27. The van der Waals surface area contributed by atoms with Crippen molar-refractivity contribution in [3.8, 4) is 17.0 Å². The predicted molar refractivity (Wildman–Crippen MR) is 121 cm³/mol. The van der Waals surface area contributed by atoms with E-state index in [-0.39, 0.29) is 5.82 Å². The Kier molecular flexibility index (Phi) is 6.10. The van der Waals surface area contributed by atoms with Gasteiger partial charge in [-0.05, 0) is 73.5 Å². The third-order valence-corrected chi connectivity index (χ3v) is 5.64. The first-order valence-electron chi connectivity index (χ1n) is 9.90. The van der Waals surface area contributed by atoms with Crippen LogP contribution in [0.1, 0.15) is 18.1 Å². The van der Waals surface area contributed by atoms with E-state index in [1.807, 2.05) is 43.3 Å². The van der Waals surface area contributed by atoms with Gasteiger partial charge >= 0.3 is 0 Å². The van der Waals surface area contributed by atoms with Crippen LogP contribution in [0, 0.1) is 12.7 Å². The summed E-state index contributed by atoms with van der Waals surface area (Å²) >= 11 is 1.58. The molecule has 0 fully saturated rings. The van der Waals surface area contributed by atoms with Gasteiger partial charge in [0.2, 0.25) is 0 Å². The van der Waals surface area contributed by atoms with Crippen LogP contribution in [0.4, 0.5) is 10.1 Å². The Bertz CT molecular complexity index is 1170. The van der Waals surface area contributed by atoms with E-state index in [1.165, 1.54) is 23.3 Å². The van der Waals surface area contributed by atoms with E-state index in [1.54, 1.807) is 11.3 Å². The lowest BCUT2D eigenvalue weighted by atomic mass is 10.1. The highest BCUT2D eigenvalue weighted by Gasteiger charge is 2.09. The molecule has 0 bridgehead atoms. The minimum Gasteiger partial charge on any atom is -0.494 e. The molecule has 0 saturated heterocycles. The van der Waals surface area contributed by atoms with Gasteiger partial charge in [0, 0.05) is 5.38 Å². The van der Waals surface area contributed by atoms with E-state index >= 15 is 0 Å². The lowest BCUT2D eigenvalue weighted by Gasteiger charge is -2.10. The summed E-state index contributed by atoms with van der Waals surface area (Å²) in [5, 5.41) is 2.08. The third kappa shape index (κ3) is 4.69. The van der Waals surface area contributed by atoms with Crippen molar-refractivity contribution in [2.45, 2.75) is 20.4 Å². The molecule has 0 aliphatic heterocycles. The highest BCUT2D eigenvalue weighted by molar-refractivity contribution is 7.07. The normalized spacial score (nSPS) is 11.6. The van der Waals surface area contributed by atoms with Gasteiger partial charge in [-0.1, -0.05) is 29.8 Å². The molecular weight excluding hydrogens is 395 g/mol. The van der Waals surface area contributed by atoms with Crippen molar-refractivity contribution in [2.24, 2.45) is 4.99 Å². The van der Waals surface area contributed by atoms with Crippen LogP contribution in [-0.4, -0.2) is 11.2 Å². The monoisotopic (exact) mass is 418 g/mol. The average molecular weight is 419 g/mol. The Labute approximate surface area is 179 Å². The molecule has 1 heterocycles. The quantitative estimate of drug-likeness (QED) is 0.359. The molecular formula is C25H23FN2OS. The summed E-state index contributed by atoms with van der Waals surface area (Å²) in [7, 11) is 0. The van der Waals surface area contributed by atoms with E-state index in [9.17, 15) is 4.39 Å². The van der Waals surface area contributed by atoms with Crippen LogP contribution < -0.4 is 9.54 Å². The fraction of sp³-hybridized carbons (Fsp3) is 0.160. The minimum atomic E-state index is -0.238. The summed E-state index contributed by atoms with van der Waals surface area (Å²) in [6.45, 7) is 5.37. The topological polar surface area (TPSA) is 26.5 Å². The Morgan fingerprint density at radius 2 is 1.63 bits per heavy atom. The number of aryl methyl sites for hydroxylation is 1. The molecule has 0 amide bonds. The summed E-state index contributed by atoms with van der Waals surface area (Å²) in [6.07, 6.45) is 0. The van der Waals surface area contributed by atoms with Gasteiger partial charge in [0.15, 0.2) is 4.80 Å². The number of rotatable bonds is 6. The van der Waals surface area contributed by atoms with Crippen molar-refractivity contribution in [1.29, 1.82) is 0 Å². The van der Waals surface area contributed by atoms with E-state index in [0.717, 1.165) is 27.5 Å². The zero-order valence-corrected chi connectivity index (χ0v) is 17.8. The molecule has 5 heteroatoms. The first-order chi connectivity index (χ1) is 14.6. The van der Waals surface area contributed by atoms with Crippen molar-refractivity contribution < 1.29 is 9.13 Å². The number of hydrogen-bond acceptors (Lipinski definition) is 3. The largest absolute Gasteiger partial charge is 0.494 e. The minimum absolute atomic E-state index is 0.238. The molecule has 0 aliphatic carbocycles. The van der Waals surface area contributed by atoms with Crippen molar-refractivity contribution >= 4 is 17.0 Å². The van der Waals surface area contributed by atoms with E-state index in [0.29, 0.717) is 13.2 Å². The summed E-state index contributed by atoms with van der Waals surface area (Å²) in [4.78, 5) is 5.76. The van der Waals surface area contributed by atoms with E-state index < -0.39 is 0 Å². The molecule has 1 aromatic heterocycles. The Balaban J connectivity index is 1.77. The standard InChI is InChI=1S/C25H23FN2OS/c1-3-29-23-14-12-22(13-15-23)27-25-28(16-19-6-4-18(2)5-7-19)24(17-30-25)20-8-10-21(26)11-9-20/h4-15,17H,3,16H2,1-2H3. The molecule has 0 unspecified atom stereocenters. The van der Waals surface area contributed by atoms with Gasteiger partial charge in [-0.3, -0.25) is 0 Å². The highest BCUT2D eigenvalue weighted by atomic mass is 32.1. The van der Waals surface area contributed by atoms with E-state index in [2.05, 4.69) is 41.1 Å². The van der Waals surface area contributed by atoms with E-state index in [4.69, 9.17) is 9.73 Å². The van der Waals surface area contributed by atoms with Gasteiger partial charge in [0.1, 0.15) is 11.6 Å². The predicted octanol–water partition coefficient (Wildman–Crippen LogP) is 6.34. The lowest BCUT2D eigenvalue weighted by Crippen LogP contribution is -2.16. The Morgan fingerprint density at radius 3 is 2.30 bits per heavy atom. The van der Waals surface area contributed by atoms with Gasteiger partial charge in [-0.25, -0.2) is 9.38 Å². The molecule has 3 nitrogen and oxygen atoms in total. The first kappa shape index (κ1) is 20.1. The van der Waals surface area contributed by atoms with Crippen LogP contribution in [0.2, 0.25) is 0 Å². The molecule has 152 valence electrons.